The predicted molar refractivity (Wildman–Crippen MR) is 68.1 cm³/mol. The molecular weight excluding hydrogens is 226 g/mol. The molecule has 2 rings (SSSR count). The van der Waals surface area contributed by atoms with Crippen molar-refractivity contribution in [1.82, 2.24) is 4.98 Å². The molecule has 88 valence electrons. The normalized spacial score (nSPS) is 9.56. The van der Waals surface area contributed by atoms with Crippen LogP contribution in [0.4, 0.5) is 5.69 Å². The highest BCUT2D eigenvalue weighted by Gasteiger charge is 2.09. The minimum absolute atomic E-state index is 0.252. The average molecular weight is 237 g/mol. The van der Waals surface area contributed by atoms with Gasteiger partial charge in [0.2, 0.25) is 0 Å². The van der Waals surface area contributed by atoms with E-state index in [0.29, 0.717) is 16.9 Å². The lowest BCUT2D eigenvalue weighted by Crippen LogP contribution is -2.14. The van der Waals surface area contributed by atoms with Crippen molar-refractivity contribution in [3.8, 4) is 6.07 Å². The van der Waals surface area contributed by atoms with Gasteiger partial charge in [0.1, 0.15) is 5.69 Å². The third-order valence-corrected chi connectivity index (χ3v) is 2.50. The Balaban J connectivity index is 2.17. The van der Waals surface area contributed by atoms with Crippen molar-refractivity contribution in [2.75, 3.05) is 5.32 Å². The molecule has 0 radical (unpaired) electrons. The van der Waals surface area contributed by atoms with Crippen LogP contribution in [0.2, 0.25) is 0 Å². The minimum Gasteiger partial charge on any atom is -0.321 e. The number of rotatable bonds is 2. The van der Waals surface area contributed by atoms with Gasteiger partial charge in [0.25, 0.3) is 5.91 Å². The zero-order valence-electron chi connectivity index (χ0n) is 9.84. The number of pyridine rings is 1. The highest BCUT2D eigenvalue weighted by atomic mass is 16.1. The van der Waals surface area contributed by atoms with Crippen LogP contribution in [0.1, 0.15) is 21.6 Å². The second kappa shape index (κ2) is 5.11. The molecule has 0 aliphatic heterocycles. The van der Waals surface area contributed by atoms with Crippen LogP contribution in [-0.2, 0) is 0 Å². The van der Waals surface area contributed by atoms with E-state index < -0.39 is 0 Å². The van der Waals surface area contributed by atoms with E-state index >= 15 is 0 Å². The number of carbonyl (C=O) groups excluding carboxylic acids is 1. The third kappa shape index (κ3) is 2.53. The molecule has 4 nitrogen and oxygen atoms in total. The Morgan fingerprint density at radius 1 is 1.28 bits per heavy atom. The predicted octanol–water partition coefficient (Wildman–Crippen LogP) is 2.51. The first-order chi connectivity index (χ1) is 8.70. The van der Waals surface area contributed by atoms with Crippen molar-refractivity contribution in [3.63, 3.8) is 0 Å². The fourth-order valence-corrected chi connectivity index (χ4v) is 1.54. The van der Waals surface area contributed by atoms with Gasteiger partial charge in [-0.2, -0.15) is 5.26 Å². The number of amides is 1. The molecule has 0 saturated carbocycles. The Hall–Kier alpha value is -2.67. The maximum Gasteiger partial charge on any atom is 0.274 e. The summed E-state index contributed by atoms with van der Waals surface area (Å²) in [6.45, 7) is 1.83. The molecule has 0 aliphatic carbocycles. The standard InChI is InChI=1S/C14H11N3O/c1-10-3-2-8-16-13(10)14(18)17-12-6-4-11(9-15)5-7-12/h2-8H,1H3,(H,17,18). The summed E-state index contributed by atoms with van der Waals surface area (Å²) in [5.41, 5.74) is 2.43. The molecule has 0 atom stereocenters. The molecule has 1 N–H and O–H groups in total. The highest BCUT2D eigenvalue weighted by molar-refractivity contribution is 6.03. The number of nitrogens with one attached hydrogen (secondary N) is 1. The van der Waals surface area contributed by atoms with Crippen molar-refractivity contribution in [3.05, 3.63) is 59.4 Å². The molecule has 1 aromatic carbocycles. The lowest BCUT2D eigenvalue weighted by molar-refractivity contribution is 0.102. The second-order valence-corrected chi connectivity index (χ2v) is 3.81. The molecule has 0 unspecified atom stereocenters. The van der Waals surface area contributed by atoms with Gasteiger partial charge < -0.3 is 5.32 Å². The van der Waals surface area contributed by atoms with E-state index in [1.807, 2.05) is 19.1 Å². The Morgan fingerprint density at radius 2 is 2.00 bits per heavy atom. The molecule has 1 heterocycles. The maximum absolute atomic E-state index is 12.0. The molecule has 1 amide bonds. The van der Waals surface area contributed by atoms with E-state index in [-0.39, 0.29) is 5.91 Å². The summed E-state index contributed by atoms with van der Waals surface area (Å²) in [7, 11) is 0. The number of hydrogen-bond acceptors (Lipinski definition) is 3. The average Bonchev–Trinajstić information content (AvgIpc) is 2.40. The van der Waals surface area contributed by atoms with Crippen LogP contribution in [0.25, 0.3) is 0 Å². The topological polar surface area (TPSA) is 65.8 Å². The lowest BCUT2D eigenvalue weighted by atomic mass is 10.2. The van der Waals surface area contributed by atoms with Crippen molar-refractivity contribution >= 4 is 11.6 Å². The molecule has 0 fully saturated rings. The van der Waals surface area contributed by atoms with Gasteiger partial charge in [0, 0.05) is 11.9 Å². The number of carbonyl (C=O) groups is 1. The Morgan fingerprint density at radius 3 is 2.61 bits per heavy atom. The number of nitriles is 1. The van der Waals surface area contributed by atoms with Crippen LogP contribution in [0.3, 0.4) is 0 Å². The van der Waals surface area contributed by atoms with Crippen LogP contribution in [-0.4, -0.2) is 10.9 Å². The van der Waals surface area contributed by atoms with Crippen LogP contribution in [0.15, 0.2) is 42.6 Å². The zero-order valence-corrected chi connectivity index (χ0v) is 9.84. The molecular formula is C14H11N3O. The highest BCUT2D eigenvalue weighted by Crippen LogP contribution is 2.11. The van der Waals surface area contributed by atoms with Crippen molar-refractivity contribution in [1.29, 1.82) is 5.26 Å². The molecule has 0 spiro atoms. The van der Waals surface area contributed by atoms with Gasteiger partial charge in [0.15, 0.2) is 0 Å². The molecule has 1 aromatic heterocycles. The smallest absolute Gasteiger partial charge is 0.274 e. The first kappa shape index (κ1) is 11.8. The third-order valence-electron chi connectivity index (χ3n) is 2.50. The van der Waals surface area contributed by atoms with E-state index in [4.69, 9.17) is 5.26 Å². The van der Waals surface area contributed by atoms with E-state index in [9.17, 15) is 4.79 Å². The van der Waals surface area contributed by atoms with E-state index in [0.717, 1.165) is 5.56 Å². The van der Waals surface area contributed by atoms with Crippen LogP contribution < -0.4 is 5.32 Å². The molecule has 4 heteroatoms. The summed E-state index contributed by atoms with van der Waals surface area (Å²) in [4.78, 5) is 16.0. The van der Waals surface area contributed by atoms with Gasteiger partial charge in [-0.3, -0.25) is 9.78 Å². The van der Waals surface area contributed by atoms with Gasteiger partial charge >= 0.3 is 0 Å². The van der Waals surface area contributed by atoms with E-state index in [1.165, 1.54) is 0 Å². The summed E-state index contributed by atoms with van der Waals surface area (Å²) in [6, 6.07) is 12.3. The minimum atomic E-state index is -0.252. The quantitative estimate of drug-likeness (QED) is 0.872. The first-order valence-electron chi connectivity index (χ1n) is 5.44. The zero-order chi connectivity index (χ0) is 13.0. The summed E-state index contributed by atoms with van der Waals surface area (Å²) in [6.07, 6.45) is 1.58. The van der Waals surface area contributed by atoms with Gasteiger partial charge in [-0.1, -0.05) is 6.07 Å². The Labute approximate surface area is 105 Å². The van der Waals surface area contributed by atoms with Crippen LogP contribution in [0, 0.1) is 18.3 Å². The fraction of sp³-hybridized carbons (Fsp3) is 0.0714. The number of benzene rings is 1. The number of anilines is 1. The molecule has 0 aliphatic rings. The van der Waals surface area contributed by atoms with Crippen LogP contribution >= 0.6 is 0 Å². The van der Waals surface area contributed by atoms with Crippen LogP contribution in [0.5, 0.6) is 0 Å². The number of hydrogen-bond donors (Lipinski definition) is 1. The summed E-state index contributed by atoms with van der Waals surface area (Å²) >= 11 is 0. The Kier molecular flexibility index (Phi) is 3.35. The first-order valence-corrected chi connectivity index (χ1v) is 5.44. The van der Waals surface area contributed by atoms with Gasteiger partial charge in [0.05, 0.1) is 11.6 Å². The maximum atomic E-state index is 12.0. The van der Waals surface area contributed by atoms with Crippen molar-refractivity contribution < 1.29 is 4.79 Å². The monoisotopic (exact) mass is 237 g/mol. The fourth-order valence-electron chi connectivity index (χ4n) is 1.54. The molecule has 18 heavy (non-hydrogen) atoms. The SMILES string of the molecule is Cc1cccnc1C(=O)Nc1ccc(C#N)cc1. The van der Waals surface area contributed by atoms with E-state index in [2.05, 4.69) is 10.3 Å². The van der Waals surface area contributed by atoms with Crippen molar-refractivity contribution in [2.24, 2.45) is 0 Å². The summed E-state index contributed by atoms with van der Waals surface area (Å²) in [5.74, 6) is -0.252. The number of aryl methyl sites for hydroxylation is 1. The number of nitrogens with zero attached hydrogens (tertiary/aromatic N) is 2. The molecule has 0 saturated heterocycles. The van der Waals surface area contributed by atoms with E-state index in [1.54, 1.807) is 36.5 Å². The Bertz CT molecular complexity index is 612. The van der Waals surface area contributed by atoms with Crippen molar-refractivity contribution in [2.45, 2.75) is 6.92 Å². The second-order valence-electron chi connectivity index (χ2n) is 3.81. The summed E-state index contributed by atoms with van der Waals surface area (Å²) < 4.78 is 0. The van der Waals surface area contributed by atoms with Gasteiger partial charge in [-0.25, -0.2) is 0 Å². The largest absolute Gasteiger partial charge is 0.321 e. The number of aromatic nitrogens is 1. The lowest BCUT2D eigenvalue weighted by Gasteiger charge is -2.06. The van der Waals surface area contributed by atoms with Gasteiger partial charge in [-0.15, -0.1) is 0 Å². The molecule has 0 bridgehead atoms. The summed E-state index contributed by atoms with van der Waals surface area (Å²) in [5, 5.41) is 11.4. The van der Waals surface area contributed by atoms with Gasteiger partial charge in [-0.05, 0) is 42.8 Å². The molecule has 2 aromatic rings.